The molecule has 0 aliphatic heterocycles. The Balaban J connectivity index is 1.93. The number of thiazole rings is 1. The second kappa shape index (κ2) is 5.88. The largest absolute Gasteiger partial charge is 0.375 e. The van der Waals surface area contributed by atoms with Crippen molar-refractivity contribution in [2.24, 2.45) is 0 Å². The minimum Gasteiger partial charge on any atom is -0.375 e. The Morgan fingerprint density at radius 1 is 1.21 bits per heavy atom. The molecule has 0 radical (unpaired) electrons. The van der Waals surface area contributed by atoms with Crippen LogP contribution in [-0.4, -0.2) is 18.9 Å². The molecule has 0 atom stereocenters. The van der Waals surface area contributed by atoms with E-state index in [0.29, 0.717) is 22.2 Å². The number of fused-ring (bicyclic) bond motifs is 1. The van der Waals surface area contributed by atoms with Gasteiger partial charge >= 0.3 is 0 Å². The Labute approximate surface area is 145 Å². The van der Waals surface area contributed by atoms with E-state index < -0.39 is 0 Å². The lowest BCUT2D eigenvalue weighted by molar-refractivity contribution is 0.916. The highest BCUT2D eigenvalue weighted by molar-refractivity contribution is 7.92. The van der Waals surface area contributed by atoms with E-state index in [1.54, 1.807) is 0 Å². The summed E-state index contributed by atoms with van der Waals surface area (Å²) in [5.41, 5.74) is 10.3. The highest BCUT2D eigenvalue weighted by atomic mass is 32.2. The molecule has 3 heterocycles. The third-order valence-electron chi connectivity index (χ3n) is 3.62. The van der Waals surface area contributed by atoms with Crippen LogP contribution in [0, 0.1) is 6.92 Å². The monoisotopic (exact) mass is 357 g/mol. The predicted octanol–water partition coefficient (Wildman–Crippen LogP) is 4.49. The minimum absolute atomic E-state index is 0.110. The predicted molar refractivity (Wildman–Crippen MR) is 97.3 cm³/mol. The Morgan fingerprint density at radius 2 is 2.08 bits per heavy atom. The molecule has 0 fully saturated rings. The summed E-state index contributed by atoms with van der Waals surface area (Å²) in [4.78, 5) is 13.1. The second-order valence-corrected chi connectivity index (χ2v) is 6.83. The van der Waals surface area contributed by atoms with Gasteiger partial charge in [-0.1, -0.05) is 23.5 Å². The molecular weight excluding hydrogens is 345 g/mol. The van der Waals surface area contributed by atoms with E-state index in [9.17, 15) is 3.89 Å². The fourth-order valence-corrected chi connectivity index (χ4v) is 3.72. The van der Waals surface area contributed by atoms with E-state index >= 15 is 0 Å². The van der Waals surface area contributed by atoms with E-state index in [0.717, 1.165) is 21.5 Å². The van der Waals surface area contributed by atoms with Crippen molar-refractivity contribution in [2.45, 2.75) is 6.92 Å². The molecule has 5 nitrogen and oxygen atoms in total. The third kappa shape index (κ3) is 2.53. The molecule has 0 bridgehead atoms. The molecule has 1 aromatic carbocycles. The van der Waals surface area contributed by atoms with Gasteiger partial charge in [-0.05, 0) is 31.2 Å². The van der Waals surface area contributed by atoms with Gasteiger partial charge in [0.2, 0.25) is 0 Å². The van der Waals surface area contributed by atoms with Crippen LogP contribution in [0.3, 0.4) is 0 Å². The van der Waals surface area contributed by atoms with Crippen molar-refractivity contribution in [2.75, 3.05) is 5.73 Å². The Morgan fingerprint density at radius 3 is 2.88 bits per heavy atom. The smallest absolute Gasteiger partial charge is 0.181 e. The average molecular weight is 357 g/mol. The number of pyridine rings is 1. The summed E-state index contributed by atoms with van der Waals surface area (Å²) in [5, 5.41) is 0.510. The van der Waals surface area contributed by atoms with Crippen LogP contribution in [0.25, 0.3) is 32.9 Å². The molecule has 0 aliphatic rings. The molecule has 3 aromatic heterocycles. The summed E-state index contributed by atoms with van der Waals surface area (Å²) in [6.07, 6.45) is 1.46. The third-order valence-corrected chi connectivity index (χ3v) is 4.89. The van der Waals surface area contributed by atoms with Crippen LogP contribution in [0.15, 0.2) is 42.7 Å². The van der Waals surface area contributed by atoms with Gasteiger partial charge < -0.3 is 5.73 Å². The Hall–Kier alpha value is -2.45. The van der Waals surface area contributed by atoms with E-state index in [2.05, 4.69) is 15.0 Å². The van der Waals surface area contributed by atoms with Gasteiger partial charge in [0.15, 0.2) is 17.5 Å². The quantitative estimate of drug-likeness (QED) is 0.585. The minimum atomic E-state index is 0.110. The molecule has 120 valence electrons. The van der Waals surface area contributed by atoms with Gasteiger partial charge in [0, 0.05) is 11.3 Å². The van der Waals surface area contributed by atoms with Crippen LogP contribution in [0.2, 0.25) is 0 Å². The van der Waals surface area contributed by atoms with Crippen LogP contribution in [0.4, 0.5) is 9.02 Å². The number of nitrogen functional groups attached to an aromatic ring is 1. The number of aryl methyl sites for hydroxylation is 1. The number of halogens is 1. The number of hydrogen-bond donors (Lipinski definition) is 1. The number of benzene rings is 1. The molecule has 0 aliphatic carbocycles. The maximum absolute atomic E-state index is 13.4. The van der Waals surface area contributed by atoms with Gasteiger partial charge in [0.1, 0.15) is 12.0 Å². The zero-order chi connectivity index (χ0) is 16.7. The molecule has 4 rings (SSSR count). The first kappa shape index (κ1) is 15.1. The van der Waals surface area contributed by atoms with Crippen molar-refractivity contribution in [3.8, 4) is 22.6 Å². The molecule has 0 saturated heterocycles. The lowest BCUT2D eigenvalue weighted by atomic mass is 10.1. The lowest BCUT2D eigenvalue weighted by Crippen LogP contribution is -1.92. The average Bonchev–Trinajstić information content (AvgIpc) is 3.16. The Bertz CT molecular complexity index is 1040. The maximum atomic E-state index is 13.4. The lowest BCUT2D eigenvalue weighted by Gasteiger charge is -2.07. The van der Waals surface area contributed by atoms with Crippen LogP contribution in [0.5, 0.6) is 0 Å². The van der Waals surface area contributed by atoms with Crippen LogP contribution < -0.4 is 5.73 Å². The SMILES string of the molecule is Cc1cccc(-c2ncn(SF)c2-c2ccc3nc(N)sc3c2)n1. The molecule has 8 heteroatoms. The molecule has 0 amide bonds. The number of nitrogens with zero attached hydrogens (tertiary/aromatic N) is 4. The zero-order valence-corrected chi connectivity index (χ0v) is 14.2. The number of rotatable bonds is 3. The van der Waals surface area contributed by atoms with Crippen molar-refractivity contribution in [3.05, 3.63) is 48.4 Å². The van der Waals surface area contributed by atoms with Gasteiger partial charge in [0.05, 0.1) is 21.6 Å². The van der Waals surface area contributed by atoms with Gasteiger partial charge in [-0.2, -0.15) is 0 Å². The van der Waals surface area contributed by atoms with Crippen LogP contribution in [-0.2, 0) is 0 Å². The summed E-state index contributed by atoms with van der Waals surface area (Å²) in [7, 11) is 0. The van der Waals surface area contributed by atoms with Crippen molar-refractivity contribution in [3.63, 3.8) is 0 Å². The van der Waals surface area contributed by atoms with Gasteiger partial charge in [-0.25, -0.2) is 13.9 Å². The van der Waals surface area contributed by atoms with Gasteiger partial charge in [0.25, 0.3) is 0 Å². The van der Waals surface area contributed by atoms with E-state index in [4.69, 9.17) is 5.73 Å². The van der Waals surface area contributed by atoms with Crippen LogP contribution in [0.1, 0.15) is 5.69 Å². The normalized spacial score (nSPS) is 11.2. The summed E-state index contributed by atoms with van der Waals surface area (Å²) in [5.74, 6) is 0. The molecule has 2 N–H and O–H groups in total. The first-order valence-corrected chi connectivity index (χ1v) is 8.61. The number of nitrogens with two attached hydrogens (primary N) is 1. The fraction of sp³-hybridized carbons (Fsp3) is 0.0625. The molecule has 0 spiro atoms. The first-order chi connectivity index (χ1) is 11.7. The number of aromatic nitrogens is 4. The molecule has 0 unspecified atom stereocenters. The summed E-state index contributed by atoms with van der Waals surface area (Å²) >= 11 is 1.51. The molecule has 24 heavy (non-hydrogen) atoms. The summed E-state index contributed by atoms with van der Waals surface area (Å²) in [6.45, 7) is 1.91. The first-order valence-electron chi connectivity index (χ1n) is 7.12. The van der Waals surface area contributed by atoms with E-state index in [1.807, 2.05) is 43.3 Å². The standard InChI is InChI=1S/C16H12FN5S2/c1-9-3-2-4-12(20-9)14-15(22(24-17)8-19-14)10-5-6-11-13(7-10)23-16(18)21-11/h2-8H,1H3,(H2,18,21). The van der Waals surface area contributed by atoms with Crippen molar-refractivity contribution in [1.82, 2.24) is 18.9 Å². The highest BCUT2D eigenvalue weighted by Crippen LogP contribution is 2.36. The van der Waals surface area contributed by atoms with Crippen molar-refractivity contribution >= 4 is 39.0 Å². The molecule has 0 saturated carbocycles. The molecule has 4 aromatic rings. The summed E-state index contributed by atoms with van der Waals surface area (Å²) < 4.78 is 15.7. The maximum Gasteiger partial charge on any atom is 0.181 e. The fourth-order valence-electron chi connectivity index (χ4n) is 2.60. The van der Waals surface area contributed by atoms with Crippen molar-refractivity contribution in [1.29, 1.82) is 0 Å². The number of anilines is 1. The van der Waals surface area contributed by atoms with Gasteiger partial charge in [-0.15, -0.1) is 3.89 Å². The molecular formula is C16H12FN5S2. The van der Waals surface area contributed by atoms with Gasteiger partial charge in [-0.3, -0.25) is 4.98 Å². The number of hydrogen-bond acceptors (Lipinski definition) is 6. The highest BCUT2D eigenvalue weighted by Gasteiger charge is 2.18. The van der Waals surface area contributed by atoms with Crippen molar-refractivity contribution < 1.29 is 3.89 Å². The number of imidazole rings is 1. The van der Waals surface area contributed by atoms with E-state index in [1.165, 1.54) is 21.6 Å². The second-order valence-electron chi connectivity index (χ2n) is 5.24. The topological polar surface area (TPSA) is 69.6 Å². The van der Waals surface area contributed by atoms with Crippen LogP contribution >= 0.6 is 23.7 Å². The zero-order valence-electron chi connectivity index (χ0n) is 12.6. The summed E-state index contributed by atoms with van der Waals surface area (Å²) in [6, 6.07) is 11.4. The van der Waals surface area contributed by atoms with E-state index in [-0.39, 0.29) is 12.3 Å². The Kier molecular flexibility index (Phi) is 3.70.